The molecule has 0 radical (unpaired) electrons. The van der Waals surface area contributed by atoms with E-state index in [9.17, 15) is 39.6 Å². The van der Waals surface area contributed by atoms with Crippen LogP contribution in [0.3, 0.4) is 0 Å². The molecule has 0 bridgehead atoms. The van der Waals surface area contributed by atoms with Gasteiger partial charge in [0.1, 0.15) is 4.90 Å². The minimum absolute atomic E-state index is 0.0266. The highest BCUT2D eigenvalue weighted by Crippen LogP contribution is 2.40. The molecule has 0 fully saturated rings. The first kappa shape index (κ1) is 16.4. The Kier molecular flexibility index (Phi) is 3.89. The SMILES string of the molecule is NS(=O)(=O)c1c(C(F)(F)F)ccc(C(F)(F)F)c1C=O. The van der Waals surface area contributed by atoms with Crippen LogP contribution in [-0.2, 0) is 22.4 Å². The third-order valence-electron chi connectivity index (χ3n) is 2.21. The van der Waals surface area contributed by atoms with Crippen molar-refractivity contribution in [2.75, 3.05) is 0 Å². The molecule has 0 atom stereocenters. The van der Waals surface area contributed by atoms with Crippen LogP contribution in [-0.4, -0.2) is 14.7 Å². The average Bonchev–Trinajstić information content (AvgIpc) is 2.23. The molecular weight excluding hydrogens is 316 g/mol. The van der Waals surface area contributed by atoms with Gasteiger partial charge in [0, 0.05) is 5.56 Å². The third-order valence-corrected chi connectivity index (χ3v) is 3.22. The Hall–Kier alpha value is -1.62. The van der Waals surface area contributed by atoms with Gasteiger partial charge < -0.3 is 0 Å². The molecule has 4 nitrogen and oxygen atoms in total. The summed E-state index contributed by atoms with van der Waals surface area (Å²) in [4.78, 5) is 8.74. The van der Waals surface area contributed by atoms with E-state index in [1.807, 2.05) is 0 Å². The molecule has 0 saturated heterocycles. The van der Waals surface area contributed by atoms with Gasteiger partial charge in [-0.1, -0.05) is 0 Å². The number of alkyl halides is 6. The zero-order valence-electron chi connectivity index (χ0n) is 9.21. The second-order valence-electron chi connectivity index (χ2n) is 3.56. The Bertz CT molecular complexity index is 647. The molecule has 20 heavy (non-hydrogen) atoms. The number of benzene rings is 1. The van der Waals surface area contributed by atoms with E-state index < -0.39 is 50.2 Å². The number of primary sulfonamides is 1. The van der Waals surface area contributed by atoms with Crippen molar-refractivity contribution in [3.05, 3.63) is 28.8 Å². The molecular formula is C9H5F6NO3S. The molecule has 1 aromatic carbocycles. The van der Waals surface area contributed by atoms with Crippen LogP contribution in [0.1, 0.15) is 21.5 Å². The molecule has 0 amide bonds. The van der Waals surface area contributed by atoms with Crippen LogP contribution in [0.5, 0.6) is 0 Å². The summed E-state index contributed by atoms with van der Waals surface area (Å²) in [5.74, 6) is 0. The number of halogens is 6. The summed E-state index contributed by atoms with van der Waals surface area (Å²) < 4.78 is 97.7. The third kappa shape index (κ3) is 3.10. The number of nitrogens with two attached hydrogens (primary N) is 1. The minimum atomic E-state index is -5.29. The van der Waals surface area contributed by atoms with Gasteiger partial charge in [-0.15, -0.1) is 0 Å². The Labute approximate surface area is 108 Å². The lowest BCUT2D eigenvalue weighted by Crippen LogP contribution is -2.23. The summed E-state index contributed by atoms with van der Waals surface area (Å²) in [6, 6.07) is -0.114. The van der Waals surface area contributed by atoms with Gasteiger partial charge in [0.15, 0.2) is 6.29 Å². The molecule has 2 N–H and O–H groups in total. The highest BCUT2D eigenvalue weighted by atomic mass is 32.2. The van der Waals surface area contributed by atoms with E-state index >= 15 is 0 Å². The van der Waals surface area contributed by atoms with Crippen molar-refractivity contribution in [1.82, 2.24) is 0 Å². The Morgan fingerprint density at radius 2 is 1.35 bits per heavy atom. The van der Waals surface area contributed by atoms with Crippen LogP contribution in [0.4, 0.5) is 26.3 Å². The number of carbonyl (C=O) groups is 1. The maximum atomic E-state index is 12.6. The molecule has 0 aliphatic heterocycles. The standard InChI is InChI=1S/C9H5F6NO3S/c10-8(11,12)5-1-2-6(9(13,14)15)7(4(5)3-17)20(16,18)19/h1-3H,(H2,16,18,19). The molecule has 0 heterocycles. The number of sulfonamides is 1. The number of hydrogen-bond acceptors (Lipinski definition) is 3. The smallest absolute Gasteiger partial charge is 0.298 e. The van der Waals surface area contributed by atoms with E-state index in [0.29, 0.717) is 0 Å². The highest BCUT2D eigenvalue weighted by molar-refractivity contribution is 7.89. The largest absolute Gasteiger partial charge is 0.417 e. The lowest BCUT2D eigenvalue weighted by Gasteiger charge is -2.17. The van der Waals surface area contributed by atoms with E-state index in [1.165, 1.54) is 0 Å². The van der Waals surface area contributed by atoms with Gasteiger partial charge in [0.2, 0.25) is 10.0 Å². The van der Waals surface area contributed by atoms with Gasteiger partial charge >= 0.3 is 12.4 Å². The summed E-state index contributed by atoms with van der Waals surface area (Å²) in [6.07, 6.45) is -11.1. The molecule has 0 aliphatic carbocycles. The first-order valence-corrected chi connectivity index (χ1v) is 6.14. The summed E-state index contributed by atoms with van der Waals surface area (Å²) in [7, 11) is -5.19. The van der Waals surface area contributed by atoms with Crippen LogP contribution in [0, 0.1) is 0 Å². The van der Waals surface area contributed by atoms with E-state index in [-0.39, 0.29) is 12.1 Å². The quantitative estimate of drug-likeness (QED) is 0.670. The first-order valence-electron chi connectivity index (χ1n) is 4.59. The van der Waals surface area contributed by atoms with Crippen molar-refractivity contribution in [3.8, 4) is 0 Å². The Morgan fingerprint density at radius 1 is 0.950 bits per heavy atom. The van der Waals surface area contributed by atoms with Gasteiger partial charge in [-0.25, -0.2) is 13.6 Å². The Morgan fingerprint density at radius 3 is 1.65 bits per heavy atom. The number of aldehydes is 1. The van der Waals surface area contributed by atoms with E-state index in [4.69, 9.17) is 0 Å². The zero-order chi connectivity index (χ0) is 15.9. The van der Waals surface area contributed by atoms with Crippen LogP contribution >= 0.6 is 0 Å². The summed E-state index contributed by atoms with van der Waals surface area (Å²) in [5.41, 5.74) is -5.42. The van der Waals surface area contributed by atoms with Crippen molar-refractivity contribution in [2.45, 2.75) is 17.2 Å². The first-order chi connectivity index (χ1) is 8.80. The van der Waals surface area contributed by atoms with Crippen molar-refractivity contribution in [2.24, 2.45) is 5.14 Å². The zero-order valence-corrected chi connectivity index (χ0v) is 10.0. The van der Waals surface area contributed by atoms with Crippen molar-refractivity contribution in [1.29, 1.82) is 0 Å². The van der Waals surface area contributed by atoms with Crippen LogP contribution in [0.15, 0.2) is 17.0 Å². The highest BCUT2D eigenvalue weighted by Gasteiger charge is 2.42. The fraction of sp³-hybridized carbons (Fsp3) is 0.222. The van der Waals surface area contributed by atoms with Gasteiger partial charge in [-0.3, -0.25) is 4.79 Å². The summed E-state index contributed by atoms with van der Waals surface area (Å²) in [6.45, 7) is 0. The van der Waals surface area contributed by atoms with Crippen LogP contribution < -0.4 is 5.14 Å². The summed E-state index contributed by atoms with van der Waals surface area (Å²) >= 11 is 0. The van der Waals surface area contributed by atoms with E-state index in [2.05, 4.69) is 5.14 Å². The number of rotatable bonds is 2. The van der Waals surface area contributed by atoms with E-state index in [1.54, 1.807) is 0 Å². The fourth-order valence-electron chi connectivity index (χ4n) is 1.49. The molecule has 0 aliphatic rings. The second-order valence-corrected chi connectivity index (χ2v) is 5.06. The van der Waals surface area contributed by atoms with Crippen molar-refractivity contribution >= 4 is 16.3 Å². The molecule has 112 valence electrons. The van der Waals surface area contributed by atoms with E-state index in [0.717, 1.165) is 0 Å². The molecule has 0 saturated carbocycles. The molecule has 1 aromatic rings. The lowest BCUT2D eigenvalue weighted by atomic mass is 10.0. The molecule has 1 rings (SSSR count). The predicted octanol–water partition coefficient (Wildman–Crippen LogP) is 2.18. The van der Waals surface area contributed by atoms with Gasteiger partial charge in [0.05, 0.1) is 11.1 Å². The van der Waals surface area contributed by atoms with Crippen molar-refractivity contribution in [3.63, 3.8) is 0 Å². The topological polar surface area (TPSA) is 77.2 Å². The maximum Gasteiger partial charge on any atom is 0.417 e. The monoisotopic (exact) mass is 321 g/mol. The molecule has 0 spiro atoms. The van der Waals surface area contributed by atoms with Crippen LogP contribution in [0.2, 0.25) is 0 Å². The molecule has 0 unspecified atom stereocenters. The lowest BCUT2D eigenvalue weighted by molar-refractivity contribution is -0.143. The van der Waals surface area contributed by atoms with Gasteiger partial charge in [-0.2, -0.15) is 26.3 Å². The van der Waals surface area contributed by atoms with Crippen molar-refractivity contribution < 1.29 is 39.6 Å². The van der Waals surface area contributed by atoms with Crippen LogP contribution in [0.25, 0.3) is 0 Å². The Balaban J connectivity index is 3.94. The normalized spacial score (nSPS) is 13.3. The average molecular weight is 321 g/mol. The predicted molar refractivity (Wildman–Crippen MR) is 53.2 cm³/mol. The second kappa shape index (κ2) is 4.74. The minimum Gasteiger partial charge on any atom is -0.298 e. The summed E-state index contributed by atoms with van der Waals surface area (Å²) in [5, 5.41) is 4.49. The molecule has 0 aromatic heterocycles. The number of hydrogen-bond donors (Lipinski definition) is 1. The van der Waals surface area contributed by atoms with Gasteiger partial charge in [0.25, 0.3) is 0 Å². The number of carbonyl (C=O) groups excluding carboxylic acids is 1. The molecule has 11 heteroatoms. The van der Waals surface area contributed by atoms with Gasteiger partial charge in [-0.05, 0) is 12.1 Å². The maximum absolute atomic E-state index is 12.6. The fourth-order valence-corrected chi connectivity index (χ4v) is 2.45.